The molecule has 1 saturated carbocycles. The van der Waals surface area contributed by atoms with Gasteiger partial charge in [0.05, 0.1) is 17.9 Å². The molecule has 9 heteroatoms. The zero-order valence-corrected chi connectivity index (χ0v) is 13.9. The number of amides is 1. The lowest BCUT2D eigenvalue weighted by Crippen LogP contribution is -2.31. The van der Waals surface area contributed by atoms with Gasteiger partial charge in [-0.3, -0.25) is 14.3 Å². The van der Waals surface area contributed by atoms with E-state index in [0.717, 1.165) is 12.3 Å². The number of halogens is 1. The van der Waals surface area contributed by atoms with Crippen LogP contribution in [0.2, 0.25) is 0 Å². The maximum absolute atomic E-state index is 13.6. The number of sulfonamides is 1. The number of aliphatic carboxylic acids is 1. The van der Waals surface area contributed by atoms with Gasteiger partial charge in [-0.1, -0.05) is 6.42 Å². The first-order chi connectivity index (χ1) is 11.2. The molecule has 7 nitrogen and oxygen atoms in total. The summed E-state index contributed by atoms with van der Waals surface area (Å²) in [6.45, 7) is 0. The standard InChI is InChI=1S/C15H19FN2O5S/c1-24(22,23)18-13-8-11(5-6-12(13)16)17-14(19)9-3-2-4-10(7-9)15(20)21/h5-6,8-10,18H,2-4,7H2,1H3,(H,17,19)(H,20,21). The first kappa shape index (κ1) is 18.2. The number of benzene rings is 1. The average molecular weight is 358 g/mol. The Morgan fingerprint density at radius 2 is 1.92 bits per heavy atom. The van der Waals surface area contributed by atoms with E-state index in [4.69, 9.17) is 5.11 Å². The third-order valence-corrected chi connectivity index (χ3v) is 4.51. The van der Waals surface area contributed by atoms with E-state index in [9.17, 15) is 22.4 Å². The molecule has 0 radical (unpaired) electrons. The second kappa shape index (κ2) is 7.16. The van der Waals surface area contributed by atoms with E-state index < -0.39 is 33.6 Å². The second-order valence-electron chi connectivity index (χ2n) is 5.96. The van der Waals surface area contributed by atoms with Crippen molar-refractivity contribution in [2.75, 3.05) is 16.3 Å². The summed E-state index contributed by atoms with van der Waals surface area (Å²) in [6.07, 6.45) is 2.95. The van der Waals surface area contributed by atoms with Crippen LogP contribution in [0.4, 0.5) is 15.8 Å². The predicted molar refractivity (Wildman–Crippen MR) is 86.6 cm³/mol. The molecule has 1 fully saturated rings. The number of carbonyl (C=O) groups is 2. The molecule has 1 aliphatic rings. The summed E-state index contributed by atoms with van der Waals surface area (Å²) >= 11 is 0. The van der Waals surface area contributed by atoms with Gasteiger partial charge in [0.2, 0.25) is 15.9 Å². The molecule has 0 aliphatic heterocycles. The zero-order chi connectivity index (χ0) is 17.9. The maximum Gasteiger partial charge on any atom is 0.306 e. The number of carboxylic acids is 1. The molecule has 132 valence electrons. The zero-order valence-electron chi connectivity index (χ0n) is 13.1. The Labute approximate surface area is 139 Å². The molecule has 0 heterocycles. The molecule has 3 N–H and O–H groups in total. The number of carbonyl (C=O) groups excluding carboxylic acids is 1. The first-order valence-corrected chi connectivity index (χ1v) is 9.36. The molecule has 2 unspecified atom stereocenters. The quantitative estimate of drug-likeness (QED) is 0.745. The minimum absolute atomic E-state index is 0.241. The van der Waals surface area contributed by atoms with E-state index in [1.165, 1.54) is 12.1 Å². The van der Waals surface area contributed by atoms with E-state index in [2.05, 4.69) is 5.32 Å². The van der Waals surface area contributed by atoms with E-state index >= 15 is 0 Å². The molecule has 0 spiro atoms. The van der Waals surface area contributed by atoms with Crippen molar-refractivity contribution >= 4 is 33.3 Å². The van der Waals surface area contributed by atoms with Crippen LogP contribution in [-0.4, -0.2) is 31.7 Å². The molecular weight excluding hydrogens is 339 g/mol. The smallest absolute Gasteiger partial charge is 0.306 e. The van der Waals surface area contributed by atoms with Gasteiger partial charge in [-0.25, -0.2) is 12.8 Å². The minimum atomic E-state index is -3.65. The third-order valence-electron chi connectivity index (χ3n) is 3.92. The van der Waals surface area contributed by atoms with Gasteiger partial charge < -0.3 is 10.4 Å². The van der Waals surface area contributed by atoms with Crippen molar-refractivity contribution in [1.82, 2.24) is 0 Å². The lowest BCUT2D eigenvalue weighted by molar-refractivity contribution is -0.143. The predicted octanol–water partition coefficient (Wildman–Crippen LogP) is 2.03. The van der Waals surface area contributed by atoms with Crippen LogP contribution in [0.5, 0.6) is 0 Å². The summed E-state index contributed by atoms with van der Waals surface area (Å²) in [7, 11) is -3.65. The van der Waals surface area contributed by atoms with Crippen LogP contribution >= 0.6 is 0 Å². The highest BCUT2D eigenvalue weighted by Gasteiger charge is 2.31. The summed E-state index contributed by atoms with van der Waals surface area (Å²) < 4.78 is 38.1. The molecule has 2 rings (SSSR count). The summed E-state index contributed by atoms with van der Waals surface area (Å²) in [6, 6.07) is 3.55. The van der Waals surface area contributed by atoms with Gasteiger partial charge in [0.15, 0.2) is 0 Å². The van der Waals surface area contributed by atoms with E-state index in [1.54, 1.807) is 0 Å². The topological polar surface area (TPSA) is 113 Å². The fourth-order valence-corrected chi connectivity index (χ4v) is 3.33. The summed E-state index contributed by atoms with van der Waals surface area (Å²) in [5, 5.41) is 11.7. The molecule has 0 bridgehead atoms. The molecule has 0 saturated heterocycles. The fraction of sp³-hybridized carbons (Fsp3) is 0.467. The third kappa shape index (κ3) is 4.92. The molecule has 2 atom stereocenters. The van der Waals surface area contributed by atoms with Gasteiger partial charge in [-0.05, 0) is 37.5 Å². The van der Waals surface area contributed by atoms with Crippen molar-refractivity contribution in [3.8, 4) is 0 Å². The monoisotopic (exact) mass is 358 g/mol. The molecule has 0 aromatic heterocycles. The van der Waals surface area contributed by atoms with Crippen molar-refractivity contribution in [1.29, 1.82) is 0 Å². The summed E-state index contributed by atoms with van der Waals surface area (Å²) in [5.74, 6) is -2.99. The van der Waals surface area contributed by atoms with Gasteiger partial charge >= 0.3 is 5.97 Å². The van der Waals surface area contributed by atoms with E-state index in [0.29, 0.717) is 19.3 Å². The van der Waals surface area contributed by atoms with Crippen LogP contribution in [0, 0.1) is 17.7 Å². The SMILES string of the molecule is CS(=O)(=O)Nc1cc(NC(=O)C2CCCC(C(=O)O)C2)ccc1F. The molecular formula is C15H19FN2O5S. The van der Waals surface area contributed by atoms with Crippen LogP contribution in [-0.2, 0) is 19.6 Å². The summed E-state index contributed by atoms with van der Waals surface area (Å²) in [4.78, 5) is 23.3. The molecule has 1 aliphatic carbocycles. The van der Waals surface area contributed by atoms with Crippen LogP contribution in [0.15, 0.2) is 18.2 Å². The van der Waals surface area contributed by atoms with Gasteiger partial charge in [-0.2, -0.15) is 0 Å². The van der Waals surface area contributed by atoms with Gasteiger partial charge in [-0.15, -0.1) is 0 Å². The number of anilines is 2. The van der Waals surface area contributed by atoms with Crippen LogP contribution in [0.3, 0.4) is 0 Å². The Balaban J connectivity index is 2.09. The van der Waals surface area contributed by atoms with E-state index in [1.807, 2.05) is 4.72 Å². The van der Waals surface area contributed by atoms with Crippen molar-refractivity contribution in [3.63, 3.8) is 0 Å². The van der Waals surface area contributed by atoms with Crippen LogP contribution in [0.25, 0.3) is 0 Å². The molecule has 1 aromatic carbocycles. The van der Waals surface area contributed by atoms with Crippen molar-refractivity contribution in [3.05, 3.63) is 24.0 Å². The molecule has 24 heavy (non-hydrogen) atoms. The van der Waals surface area contributed by atoms with Crippen LogP contribution in [0.1, 0.15) is 25.7 Å². The maximum atomic E-state index is 13.6. The average Bonchev–Trinajstić information content (AvgIpc) is 2.49. The Hall–Kier alpha value is -2.16. The Bertz CT molecular complexity index is 750. The number of carboxylic acid groups (broad SMARTS) is 1. The van der Waals surface area contributed by atoms with Crippen molar-refractivity contribution in [2.24, 2.45) is 11.8 Å². The number of nitrogens with one attached hydrogen (secondary N) is 2. The normalized spacial score (nSPS) is 21.1. The Kier molecular flexibility index (Phi) is 5.43. The second-order valence-corrected chi connectivity index (χ2v) is 7.71. The van der Waals surface area contributed by atoms with Crippen LogP contribution < -0.4 is 10.0 Å². The number of rotatable bonds is 5. The Morgan fingerprint density at radius 1 is 1.25 bits per heavy atom. The number of hydrogen-bond acceptors (Lipinski definition) is 4. The fourth-order valence-electron chi connectivity index (χ4n) is 2.78. The van der Waals surface area contributed by atoms with Gasteiger partial charge in [0.25, 0.3) is 0 Å². The van der Waals surface area contributed by atoms with Crippen molar-refractivity contribution < 1.29 is 27.5 Å². The first-order valence-electron chi connectivity index (χ1n) is 7.46. The largest absolute Gasteiger partial charge is 0.481 e. The highest BCUT2D eigenvalue weighted by Crippen LogP contribution is 2.30. The highest BCUT2D eigenvalue weighted by molar-refractivity contribution is 7.92. The molecule has 1 aromatic rings. The van der Waals surface area contributed by atoms with Crippen molar-refractivity contribution in [2.45, 2.75) is 25.7 Å². The Morgan fingerprint density at radius 3 is 2.54 bits per heavy atom. The number of hydrogen-bond donors (Lipinski definition) is 3. The highest BCUT2D eigenvalue weighted by atomic mass is 32.2. The molecule has 1 amide bonds. The lowest BCUT2D eigenvalue weighted by atomic mass is 9.81. The lowest BCUT2D eigenvalue weighted by Gasteiger charge is -2.25. The minimum Gasteiger partial charge on any atom is -0.481 e. The van der Waals surface area contributed by atoms with Gasteiger partial charge in [0, 0.05) is 11.6 Å². The van der Waals surface area contributed by atoms with E-state index in [-0.39, 0.29) is 23.7 Å². The van der Waals surface area contributed by atoms with Gasteiger partial charge in [0.1, 0.15) is 5.82 Å². The summed E-state index contributed by atoms with van der Waals surface area (Å²) in [5.41, 5.74) is -0.0210.